The van der Waals surface area contributed by atoms with E-state index in [2.05, 4.69) is 59.9 Å². The van der Waals surface area contributed by atoms with Gasteiger partial charge in [-0.3, -0.25) is 4.99 Å². The molecule has 0 saturated carbocycles. The third-order valence-electron chi connectivity index (χ3n) is 3.17. The third-order valence-corrected chi connectivity index (χ3v) is 3.17. The largest absolute Gasteiger partial charge is 1.00 e. The number of aromatic nitrogens is 1. The van der Waals surface area contributed by atoms with Gasteiger partial charge in [0.2, 0.25) is 0 Å². The second-order valence-electron chi connectivity index (χ2n) is 4.52. The molecule has 2 heterocycles. The molecule has 0 aliphatic carbocycles. The molecule has 1 aliphatic heterocycles. The average Bonchev–Trinajstić information content (AvgIpc) is 2.82. The average molecular weight is 362 g/mol. The molecule has 1 aromatic heterocycles. The quantitative estimate of drug-likeness (QED) is 0.530. The van der Waals surface area contributed by atoms with Gasteiger partial charge in [-0.1, -0.05) is 30.4 Å². The molecule has 1 aromatic carbocycles. The summed E-state index contributed by atoms with van der Waals surface area (Å²) in [6.07, 6.45) is 10.5. The maximum absolute atomic E-state index is 4.43. The number of halogens is 1. The number of rotatable bonds is 2. The van der Waals surface area contributed by atoms with E-state index in [1.807, 2.05) is 23.9 Å². The minimum Gasteiger partial charge on any atom is -1.00 e. The zero-order chi connectivity index (χ0) is 12.4. The van der Waals surface area contributed by atoms with Gasteiger partial charge in [-0.2, -0.15) is 0 Å². The smallest absolute Gasteiger partial charge is 0.169 e. The normalized spacial score (nSPS) is 16.4. The molecule has 3 heteroatoms. The molecule has 1 atom stereocenters. The molecule has 0 spiro atoms. The number of para-hydroxylation sites is 1. The second kappa shape index (κ2) is 6.10. The summed E-state index contributed by atoms with van der Waals surface area (Å²) in [6.45, 7) is 0. The number of benzene rings is 1. The van der Waals surface area contributed by atoms with Crippen LogP contribution in [0.1, 0.15) is 17.0 Å². The van der Waals surface area contributed by atoms with E-state index in [0.717, 1.165) is 5.69 Å². The van der Waals surface area contributed by atoms with Crippen molar-refractivity contribution in [1.82, 2.24) is 0 Å². The minimum atomic E-state index is 0. The molecular formula is C16H15IN2. The zero-order valence-corrected chi connectivity index (χ0v) is 12.9. The van der Waals surface area contributed by atoms with Crippen LogP contribution in [0.2, 0.25) is 0 Å². The van der Waals surface area contributed by atoms with Crippen molar-refractivity contribution in [3.8, 4) is 0 Å². The van der Waals surface area contributed by atoms with Crippen LogP contribution in [0.15, 0.2) is 59.9 Å². The summed E-state index contributed by atoms with van der Waals surface area (Å²) in [6, 6.07) is 12.5. The molecule has 19 heavy (non-hydrogen) atoms. The molecule has 0 bridgehead atoms. The third kappa shape index (κ3) is 3.10. The predicted molar refractivity (Wildman–Crippen MR) is 74.0 cm³/mol. The standard InChI is InChI=1S/C16H15N2.HI/c1-18-10-8-13(9-11-18)6-7-14-12-17-16-5-3-2-4-15(14)16;/h2-12,14H,1H3;1H/q+1;/p-1/b7-6+;. The summed E-state index contributed by atoms with van der Waals surface area (Å²) >= 11 is 0. The monoisotopic (exact) mass is 362 g/mol. The Bertz CT molecular complexity index is 615. The first-order chi connectivity index (χ1) is 8.83. The molecule has 96 valence electrons. The van der Waals surface area contributed by atoms with Crippen molar-refractivity contribution in [3.63, 3.8) is 0 Å². The number of hydrogen-bond donors (Lipinski definition) is 0. The molecule has 1 aliphatic rings. The number of fused-ring (bicyclic) bond motifs is 1. The number of pyridine rings is 1. The van der Waals surface area contributed by atoms with E-state index in [9.17, 15) is 0 Å². The molecule has 0 saturated heterocycles. The van der Waals surface area contributed by atoms with Gasteiger partial charge in [0.15, 0.2) is 12.4 Å². The number of allylic oxidation sites excluding steroid dienone is 1. The Morgan fingerprint density at radius 2 is 1.84 bits per heavy atom. The Morgan fingerprint density at radius 3 is 2.63 bits per heavy atom. The number of aliphatic imine (C=N–C) groups is 1. The van der Waals surface area contributed by atoms with Crippen LogP contribution in [0.4, 0.5) is 5.69 Å². The summed E-state index contributed by atoms with van der Waals surface area (Å²) in [5.74, 6) is 0.301. The molecule has 0 N–H and O–H groups in total. The Balaban J connectivity index is 0.00000133. The highest BCUT2D eigenvalue weighted by Crippen LogP contribution is 2.32. The van der Waals surface area contributed by atoms with Crippen molar-refractivity contribution >= 4 is 18.0 Å². The van der Waals surface area contributed by atoms with Gasteiger partial charge in [0.05, 0.1) is 5.69 Å². The van der Waals surface area contributed by atoms with E-state index in [0.29, 0.717) is 5.92 Å². The van der Waals surface area contributed by atoms with Gasteiger partial charge in [0.25, 0.3) is 0 Å². The first kappa shape index (κ1) is 13.9. The van der Waals surface area contributed by atoms with E-state index in [4.69, 9.17) is 0 Å². The van der Waals surface area contributed by atoms with Gasteiger partial charge in [0, 0.05) is 24.3 Å². The van der Waals surface area contributed by atoms with E-state index in [-0.39, 0.29) is 24.0 Å². The highest BCUT2D eigenvalue weighted by Gasteiger charge is 2.14. The van der Waals surface area contributed by atoms with Crippen LogP contribution in [-0.4, -0.2) is 6.21 Å². The topological polar surface area (TPSA) is 16.2 Å². The zero-order valence-electron chi connectivity index (χ0n) is 10.7. The molecular weight excluding hydrogens is 347 g/mol. The van der Waals surface area contributed by atoms with Crippen molar-refractivity contribution in [2.45, 2.75) is 5.92 Å². The van der Waals surface area contributed by atoms with Crippen molar-refractivity contribution in [2.24, 2.45) is 12.0 Å². The lowest BCUT2D eigenvalue weighted by atomic mass is 10.00. The maximum atomic E-state index is 4.43. The number of nitrogens with zero attached hydrogens (tertiary/aromatic N) is 2. The molecule has 0 amide bonds. The van der Waals surface area contributed by atoms with Crippen LogP contribution >= 0.6 is 0 Å². The van der Waals surface area contributed by atoms with Gasteiger partial charge in [-0.15, -0.1) is 0 Å². The Morgan fingerprint density at radius 1 is 1.11 bits per heavy atom. The molecule has 2 nitrogen and oxygen atoms in total. The summed E-state index contributed by atoms with van der Waals surface area (Å²) in [7, 11) is 2.02. The van der Waals surface area contributed by atoms with Gasteiger partial charge in [0.1, 0.15) is 7.05 Å². The first-order valence-corrected chi connectivity index (χ1v) is 6.09. The maximum Gasteiger partial charge on any atom is 0.169 e. The fraction of sp³-hybridized carbons (Fsp3) is 0.125. The molecule has 2 aromatic rings. The van der Waals surface area contributed by atoms with Crippen LogP contribution < -0.4 is 28.5 Å². The summed E-state index contributed by atoms with van der Waals surface area (Å²) in [4.78, 5) is 4.43. The Hall–Kier alpha value is -1.49. The molecule has 0 radical (unpaired) electrons. The summed E-state index contributed by atoms with van der Waals surface area (Å²) in [5.41, 5.74) is 3.59. The van der Waals surface area contributed by atoms with E-state index in [1.165, 1.54) is 11.1 Å². The molecule has 0 fully saturated rings. The van der Waals surface area contributed by atoms with Crippen LogP contribution in [0.25, 0.3) is 6.08 Å². The fourth-order valence-corrected chi connectivity index (χ4v) is 2.12. The number of hydrogen-bond acceptors (Lipinski definition) is 1. The van der Waals surface area contributed by atoms with Gasteiger partial charge >= 0.3 is 0 Å². The van der Waals surface area contributed by atoms with Crippen molar-refractivity contribution < 1.29 is 28.5 Å². The van der Waals surface area contributed by atoms with E-state index >= 15 is 0 Å². The lowest BCUT2D eigenvalue weighted by Crippen LogP contribution is -3.00. The summed E-state index contributed by atoms with van der Waals surface area (Å²) < 4.78 is 2.03. The fourth-order valence-electron chi connectivity index (χ4n) is 2.12. The molecule has 3 rings (SSSR count). The second-order valence-corrected chi connectivity index (χ2v) is 4.52. The van der Waals surface area contributed by atoms with Crippen molar-refractivity contribution in [2.75, 3.05) is 0 Å². The van der Waals surface area contributed by atoms with Crippen LogP contribution in [0.3, 0.4) is 0 Å². The van der Waals surface area contributed by atoms with E-state index < -0.39 is 0 Å². The Labute approximate surface area is 130 Å². The highest BCUT2D eigenvalue weighted by molar-refractivity contribution is 5.83. The predicted octanol–water partition coefficient (Wildman–Crippen LogP) is 0.0280. The van der Waals surface area contributed by atoms with Crippen LogP contribution in [-0.2, 0) is 7.05 Å². The van der Waals surface area contributed by atoms with Gasteiger partial charge < -0.3 is 24.0 Å². The highest BCUT2D eigenvalue weighted by atomic mass is 127. The SMILES string of the molecule is C[n+]1ccc(/C=C/C2C=Nc3ccccc32)cc1.[I-]. The van der Waals surface area contributed by atoms with Crippen molar-refractivity contribution in [1.29, 1.82) is 0 Å². The van der Waals surface area contributed by atoms with E-state index in [1.54, 1.807) is 0 Å². The van der Waals surface area contributed by atoms with Gasteiger partial charge in [-0.05, 0) is 17.2 Å². The number of aryl methyl sites for hydroxylation is 1. The van der Waals surface area contributed by atoms with Crippen molar-refractivity contribution in [3.05, 3.63) is 66.0 Å². The lowest BCUT2D eigenvalue weighted by Gasteiger charge is -2.02. The lowest BCUT2D eigenvalue weighted by molar-refractivity contribution is -0.671. The minimum absolute atomic E-state index is 0. The van der Waals surface area contributed by atoms with Crippen LogP contribution in [0, 0.1) is 0 Å². The summed E-state index contributed by atoms with van der Waals surface area (Å²) in [5, 5.41) is 0. The Kier molecular flexibility index (Phi) is 4.47. The first-order valence-electron chi connectivity index (χ1n) is 6.09. The molecule has 1 unspecified atom stereocenters. The van der Waals surface area contributed by atoms with Gasteiger partial charge in [-0.25, -0.2) is 4.57 Å². The van der Waals surface area contributed by atoms with Crippen LogP contribution in [0.5, 0.6) is 0 Å².